The molecule has 0 radical (unpaired) electrons. The van der Waals surface area contributed by atoms with Crippen LogP contribution in [0.4, 0.5) is 0 Å². The number of aliphatic hydroxyl groups excluding tert-OH is 20. The van der Waals surface area contributed by atoms with Gasteiger partial charge >= 0.3 is 0 Å². The second-order valence-electron chi connectivity index (χ2n) is 10.9. The maximum absolute atomic E-state index is 9.12. The summed E-state index contributed by atoms with van der Waals surface area (Å²) in [5.74, 6) is 0. The summed E-state index contributed by atoms with van der Waals surface area (Å²) in [6.45, 7) is -2.24. The van der Waals surface area contributed by atoms with Crippen molar-refractivity contribution in [2.45, 2.75) is 123 Å². The van der Waals surface area contributed by atoms with Crippen LogP contribution in [-0.4, -0.2) is 251 Å². The minimum absolute atomic E-state index is 0.526. The molecule has 0 aromatic heterocycles. The third kappa shape index (κ3) is 11.5. The summed E-state index contributed by atoms with van der Waals surface area (Å²) in [6, 6.07) is 0. The Bertz CT molecular complexity index is 798. The van der Waals surface area contributed by atoms with Gasteiger partial charge in [0.15, 0.2) is 25.2 Å². The molecule has 6 unspecified atom stereocenters. The van der Waals surface area contributed by atoms with Crippen LogP contribution in [0.5, 0.6) is 0 Å². The highest BCUT2D eigenvalue weighted by molar-refractivity contribution is 4.91. The molecule has 24 nitrogen and oxygen atoms in total. The molecule has 20 atom stereocenters. The van der Waals surface area contributed by atoms with Gasteiger partial charge < -0.3 is 121 Å². The lowest BCUT2D eigenvalue weighted by Gasteiger charge is -2.37. The minimum Gasteiger partial charge on any atom is -0.394 e. The lowest BCUT2D eigenvalue weighted by molar-refractivity contribution is -0.286. The van der Waals surface area contributed by atoms with E-state index in [0.29, 0.717) is 0 Å². The van der Waals surface area contributed by atoms with Gasteiger partial charge in [0.2, 0.25) is 0 Å². The molecule has 20 N–H and O–H groups in total. The van der Waals surface area contributed by atoms with E-state index in [-0.39, 0.29) is 0 Å². The van der Waals surface area contributed by atoms with Crippen molar-refractivity contribution >= 4 is 0 Å². The van der Waals surface area contributed by atoms with Crippen molar-refractivity contribution in [3.63, 3.8) is 0 Å². The van der Waals surface area contributed by atoms with Crippen LogP contribution >= 0.6 is 0 Å². The van der Waals surface area contributed by atoms with Crippen LogP contribution in [0.3, 0.4) is 0 Å². The molecule has 0 spiro atoms. The summed E-state index contributed by atoms with van der Waals surface area (Å²) in [6.07, 6.45) is -27.6. The molecule has 0 aliphatic carbocycles. The van der Waals surface area contributed by atoms with E-state index in [9.17, 15) is 0 Å². The van der Waals surface area contributed by atoms with Gasteiger partial charge in [-0.15, -0.1) is 0 Å². The molecule has 4 fully saturated rings. The van der Waals surface area contributed by atoms with Crippen LogP contribution in [-0.2, 0) is 18.9 Å². The Morgan fingerprint density at radius 1 is 0.333 bits per heavy atom. The lowest BCUT2D eigenvalue weighted by atomic mass is 10.00. The van der Waals surface area contributed by atoms with Gasteiger partial charge in [0.1, 0.15) is 97.7 Å². The molecule has 0 amide bonds. The van der Waals surface area contributed by atoms with E-state index in [1.165, 1.54) is 0 Å². The smallest absolute Gasteiger partial charge is 0.184 e. The SMILES string of the molecule is OCC1O[C@H](O)C(O)[C@H](O)[C@@H]1O.OCC1O[C@H](O)C(O)[C@H](O)[C@@H]1O.OC[C@@H](O)[C@H]1O[C@@H](O)C(O)[C@@H]1O.OC[C@@H](O)[C@H]1O[C@H](O)C(O)[C@@H]1O. The van der Waals surface area contributed by atoms with Gasteiger partial charge in [-0.2, -0.15) is 0 Å². The Morgan fingerprint density at radius 3 is 0.792 bits per heavy atom. The molecule has 0 saturated carbocycles. The second kappa shape index (κ2) is 20.8. The van der Waals surface area contributed by atoms with Gasteiger partial charge in [-0.25, -0.2) is 0 Å². The van der Waals surface area contributed by atoms with E-state index in [0.717, 1.165) is 0 Å². The van der Waals surface area contributed by atoms with Crippen LogP contribution in [0.15, 0.2) is 0 Å². The van der Waals surface area contributed by atoms with Crippen LogP contribution in [0, 0.1) is 0 Å². The summed E-state index contributed by atoms with van der Waals surface area (Å²) in [5.41, 5.74) is 0. The number of ether oxygens (including phenoxy) is 4. The normalized spacial score (nSPS) is 47.0. The first kappa shape index (κ1) is 45.1. The molecule has 0 aromatic rings. The average molecular weight is 721 g/mol. The average Bonchev–Trinajstić information content (AvgIpc) is 3.49. The first-order chi connectivity index (χ1) is 22.3. The number of aliphatic hydroxyl groups is 20. The maximum atomic E-state index is 9.12. The molecule has 288 valence electrons. The van der Waals surface area contributed by atoms with Crippen LogP contribution in [0.1, 0.15) is 0 Å². The first-order valence-electron chi connectivity index (χ1n) is 14.2. The molecule has 4 saturated heterocycles. The Morgan fingerprint density at radius 2 is 0.583 bits per heavy atom. The highest BCUT2D eigenvalue weighted by Gasteiger charge is 2.46. The summed E-state index contributed by atoms with van der Waals surface area (Å²) in [4.78, 5) is 0. The van der Waals surface area contributed by atoms with Crippen molar-refractivity contribution in [2.75, 3.05) is 26.4 Å². The molecule has 24 heteroatoms. The topological polar surface area (TPSA) is 442 Å². The summed E-state index contributed by atoms with van der Waals surface area (Å²) in [5, 5.41) is 178. The van der Waals surface area contributed by atoms with Gasteiger partial charge in [-0.05, 0) is 0 Å². The fourth-order valence-corrected chi connectivity index (χ4v) is 4.38. The zero-order valence-electron chi connectivity index (χ0n) is 25.0. The molecule has 4 aliphatic rings. The van der Waals surface area contributed by atoms with Crippen molar-refractivity contribution in [1.29, 1.82) is 0 Å². The van der Waals surface area contributed by atoms with Crippen molar-refractivity contribution in [3.8, 4) is 0 Å². The summed E-state index contributed by atoms with van der Waals surface area (Å²) < 4.78 is 18.3. The van der Waals surface area contributed by atoms with E-state index in [4.69, 9.17) is 102 Å². The number of hydrogen-bond donors (Lipinski definition) is 20. The van der Waals surface area contributed by atoms with Crippen LogP contribution < -0.4 is 0 Å². The van der Waals surface area contributed by atoms with Crippen molar-refractivity contribution in [1.82, 2.24) is 0 Å². The molecule has 4 rings (SSSR count). The standard InChI is InChI=1S/4C6H12O6/c2*7-1-2(8)5-3(9)4(10)6(11)12-5;2*7-1-2-3(8)4(9)5(10)6(11)12-2/h4*2-11H,1H2/t2-,3+,4?,5-,6+;2-,3+,4?,5-,6-;2*2?,3-,4-,5?,6+/m1111/s1. The van der Waals surface area contributed by atoms with E-state index in [1.54, 1.807) is 0 Å². The summed E-state index contributed by atoms with van der Waals surface area (Å²) >= 11 is 0. The van der Waals surface area contributed by atoms with Crippen LogP contribution in [0.25, 0.3) is 0 Å². The molecule has 48 heavy (non-hydrogen) atoms. The molecule has 0 bridgehead atoms. The van der Waals surface area contributed by atoms with Gasteiger partial charge in [0.25, 0.3) is 0 Å². The zero-order chi connectivity index (χ0) is 37.2. The molecule has 4 aliphatic heterocycles. The highest BCUT2D eigenvalue weighted by Crippen LogP contribution is 2.23. The lowest BCUT2D eigenvalue weighted by Crippen LogP contribution is -2.58. The van der Waals surface area contributed by atoms with E-state index in [1.807, 2.05) is 0 Å². The predicted octanol–water partition coefficient (Wildman–Crippen LogP) is -12.9. The Kier molecular flexibility index (Phi) is 19.5. The Hall–Kier alpha value is -0.960. The van der Waals surface area contributed by atoms with Gasteiger partial charge in [-0.1, -0.05) is 0 Å². The molecule has 0 aromatic carbocycles. The maximum Gasteiger partial charge on any atom is 0.184 e. The summed E-state index contributed by atoms with van der Waals surface area (Å²) in [7, 11) is 0. The minimum atomic E-state index is -1.57. The zero-order valence-corrected chi connectivity index (χ0v) is 25.0. The Balaban J connectivity index is 0.000000320. The fourth-order valence-electron chi connectivity index (χ4n) is 4.38. The first-order valence-corrected chi connectivity index (χ1v) is 14.2. The van der Waals surface area contributed by atoms with Gasteiger partial charge in [0.05, 0.1) is 26.4 Å². The van der Waals surface area contributed by atoms with E-state index >= 15 is 0 Å². The highest BCUT2D eigenvalue weighted by atomic mass is 16.7. The Labute approximate surface area is 270 Å². The molecular weight excluding hydrogens is 672 g/mol. The third-order valence-electron chi connectivity index (χ3n) is 7.42. The monoisotopic (exact) mass is 720 g/mol. The third-order valence-corrected chi connectivity index (χ3v) is 7.42. The predicted molar refractivity (Wildman–Crippen MR) is 144 cm³/mol. The van der Waals surface area contributed by atoms with Crippen LogP contribution in [0.2, 0.25) is 0 Å². The van der Waals surface area contributed by atoms with Crippen molar-refractivity contribution in [2.24, 2.45) is 0 Å². The van der Waals surface area contributed by atoms with Crippen molar-refractivity contribution < 1.29 is 121 Å². The molecule has 4 heterocycles. The van der Waals surface area contributed by atoms with E-state index < -0.39 is 149 Å². The fraction of sp³-hybridized carbons (Fsp3) is 1.00. The van der Waals surface area contributed by atoms with E-state index in [2.05, 4.69) is 18.9 Å². The largest absolute Gasteiger partial charge is 0.394 e. The van der Waals surface area contributed by atoms with Gasteiger partial charge in [-0.3, -0.25) is 0 Å². The number of hydrogen-bond acceptors (Lipinski definition) is 24. The quantitative estimate of drug-likeness (QED) is 0.121. The second-order valence-corrected chi connectivity index (χ2v) is 10.9. The number of rotatable bonds is 6. The van der Waals surface area contributed by atoms with Crippen molar-refractivity contribution in [3.05, 3.63) is 0 Å². The van der Waals surface area contributed by atoms with Gasteiger partial charge in [0, 0.05) is 0 Å². The molecular formula is C24H48O24.